The van der Waals surface area contributed by atoms with Gasteiger partial charge in [0.15, 0.2) is 0 Å². The number of carbonyl (C=O) groups is 2. The van der Waals surface area contributed by atoms with Gasteiger partial charge in [-0.3, -0.25) is 9.59 Å². The monoisotopic (exact) mass is 236 g/mol. The number of carbonyl (C=O) groups excluding carboxylic acids is 1. The van der Waals surface area contributed by atoms with Gasteiger partial charge in [0.05, 0.1) is 12.5 Å². The minimum atomic E-state index is -0.944. The average molecular weight is 236 g/mol. The first-order valence-corrected chi connectivity index (χ1v) is 5.34. The van der Waals surface area contributed by atoms with Crippen molar-refractivity contribution >= 4 is 11.9 Å². The van der Waals surface area contributed by atoms with Crippen molar-refractivity contribution in [2.24, 2.45) is 0 Å². The van der Waals surface area contributed by atoms with Gasteiger partial charge in [0, 0.05) is 6.54 Å². The highest BCUT2D eigenvalue weighted by atomic mass is 16.4. The lowest BCUT2D eigenvalue weighted by atomic mass is 9.99. The molecule has 0 saturated carbocycles. The normalized spacial score (nSPS) is 11.8. The number of benzene rings is 1. The van der Waals surface area contributed by atoms with Crippen LogP contribution in [0.15, 0.2) is 30.3 Å². The maximum atomic E-state index is 11.2. The Morgan fingerprint density at radius 3 is 2.47 bits per heavy atom. The van der Waals surface area contributed by atoms with Gasteiger partial charge in [0.2, 0.25) is 5.91 Å². The van der Waals surface area contributed by atoms with Gasteiger partial charge in [-0.15, -0.1) is 0 Å². The molecule has 92 valence electrons. The molecule has 0 heterocycles. The van der Waals surface area contributed by atoms with Crippen LogP contribution in [-0.2, 0) is 9.59 Å². The smallest absolute Gasteiger partial charge is 0.312 e. The van der Waals surface area contributed by atoms with E-state index in [9.17, 15) is 9.59 Å². The van der Waals surface area contributed by atoms with Crippen molar-refractivity contribution < 1.29 is 14.7 Å². The van der Waals surface area contributed by atoms with E-state index in [1.165, 1.54) is 0 Å². The first-order chi connectivity index (χ1) is 8.15. The number of carboxylic acid groups (broad SMARTS) is 1. The van der Waals surface area contributed by atoms with Gasteiger partial charge in [-0.05, 0) is 12.6 Å². The first-order valence-electron chi connectivity index (χ1n) is 5.34. The van der Waals surface area contributed by atoms with Gasteiger partial charge in [0.1, 0.15) is 0 Å². The number of likely N-dealkylation sites (N-methyl/N-ethyl adjacent to an activating group) is 1. The molecule has 0 spiro atoms. The van der Waals surface area contributed by atoms with Crippen molar-refractivity contribution in [2.75, 3.05) is 20.1 Å². The van der Waals surface area contributed by atoms with E-state index in [1.54, 1.807) is 31.3 Å². The highest BCUT2D eigenvalue weighted by Gasteiger charge is 2.19. The molecule has 1 aromatic carbocycles. The Morgan fingerprint density at radius 1 is 1.29 bits per heavy atom. The molecule has 1 amide bonds. The fourth-order valence-corrected chi connectivity index (χ4v) is 1.47. The summed E-state index contributed by atoms with van der Waals surface area (Å²) in [5.74, 6) is -1.87. The average Bonchev–Trinajstić information content (AvgIpc) is 2.30. The summed E-state index contributed by atoms with van der Waals surface area (Å²) in [6.07, 6.45) is 0. The zero-order valence-electron chi connectivity index (χ0n) is 9.64. The topological polar surface area (TPSA) is 78.4 Å². The van der Waals surface area contributed by atoms with Crippen LogP contribution in [0.2, 0.25) is 0 Å². The summed E-state index contributed by atoms with van der Waals surface area (Å²) >= 11 is 0. The van der Waals surface area contributed by atoms with E-state index in [2.05, 4.69) is 10.6 Å². The molecule has 1 atom stereocenters. The molecular weight excluding hydrogens is 220 g/mol. The molecule has 17 heavy (non-hydrogen) atoms. The largest absolute Gasteiger partial charge is 0.481 e. The minimum Gasteiger partial charge on any atom is -0.481 e. The molecule has 0 bridgehead atoms. The van der Waals surface area contributed by atoms with Gasteiger partial charge >= 0.3 is 5.97 Å². The Balaban J connectivity index is 2.62. The van der Waals surface area contributed by atoms with Crippen LogP contribution in [0, 0.1) is 0 Å². The third-order valence-electron chi connectivity index (χ3n) is 2.34. The van der Waals surface area contributed by atoms with Crippen molar-refractivity contribution in [2.45, 2.75) is 5.92 Å². The SMILES string of the molecule is CNCC(=O)NCC(C(=O)O)c1ccccc1. The van der Waals surface area contributed by atoms with Gasteiger partial charge in [-0.2, -0.15) is 0 Å². The predicted molar refractivity (Wildman–Crippen MR) is 63.8 cm³/mol. The Hall–Kier alpha value is -1.88. The van der Waals surface area contributed by atoms with Crippen molar-refractivity contribution in [3.05, 3.63) is 35.9 Å². The number of hydrogen-bond donors (Lipinski definition) is 3. The van der Waals surface area contributed by atoms with Crippen LogP contribution in [0.25, 0.3) is 0 Å². The van der Waals surface area contributed by atoms with E-state index < -0.39 is 11.9 Å². The Labute approximate surface area is 99.8 Å². The zero-order chi connectivity index (χ0) is 12.7. The molecule has 5 heteroatoms. The van der Waals surface area contributed by atoms with E-state index in [0.717, 1.165) is 0 Å². The number of nitrogens with one attached hydrogen (secondary N) is 2. The number of carboxylic acids is 1. The lowest BCUT2D eigenvalue weighted by Gasteiger charge is -2.13. The maximum absolute atomic E-state index is 11.2. The van der Waals surface area contributed by atoms with Gasteiger partial charge < -0.3 is 15.7 Å². The summed E-state index contributed by atoms with van der Waals surface area (Å²) in [7, 11) is 1.66. The van der Waals surface area contributed by atoms with Crippen LogP contribution in [-0.4, -0.2) is 37.1 Å². The third kappa shape index (κ3) is 4.24. The fourth-order valence-electron chi connectivity index (χ4n) is 1.47. The highest BCUT2D eigenvalue weighted by Crippen LogP contribution is 2.14. The molecule has 3 N–H and O–H groups in total. The summed E-state index contributed by atoms with van der Waals surface area (Å²) in [4.78, 5) is 22.3. The Morgan fingerprint density at radius 2 is 1.94 bits per heavy atom. The molecular formula is C12H16N2O3. The molecule has 0 radical (unpaired) electrons. The van der Waals surface area contributed by atoms with E-state index in [4.69, 9.17) is 5.11 Å². The second-order valence-corrected chi connectivity index (χ2v) is 3.64. The van der Waals surface area contributed by atoms with Crippen LogP contribution in [0.1, 0.15) is 11.5 Å². The van der Waals surface area contributed by atoms with Gasteiger partial charge in [0.25, 0.3) is 0 Å². The Bertz CT molecular complexity index is 379. The van der Waals surface area contributed by atoms with Crippen LogP contribution in [0.4, 0.5) is 0 Å². The molecule has 0 saturated heterocycles. The van der Waals surface area contributed by atoms with Crippen molar-refractivity contribution in [1.82, 2.24) is 10.6 Å². The summed E-state index contributed by atoms with van der Waals surface area (Å²) in [5.41, 5.74) is 0.685. The molecule has 1 rings (SSSR count). The van der Waals surface area contributed by atoms with Gasteiger partial charge in [-0.1, -0.05) is 30.3 Å². The molecule has 0 aliphatic heterocycles. The molecule has 5 nitrogen and oxygen atoms in total. The molecule has 0 aromatic heterocycles. The minimum absolute atomic E-state index is 0.0971. The highest BCUT2D eigenvalue weighted by molar-refractivity contribution is 5.80. The zero-order valence-corrected chi connectivity index (χ0v) is 9.64. The van der Waals surface area contributed by atoms with E-state index >= 15 is 0 Å². The summed E-state index contributed by atoms with van der Waals surface area (Å²) < 4.78 is 0. The quantitative estimate of drug-likeness (QED) is 0.659. The summed E-state index contributed by atoms with van der Waals surface area (Å²) in [6.45, 7) is 0.279. The van der Waals surface area contributed by atoms with Crippen LogP contribution < -0.4 is 10.6 Å². The van der Waals surface area contributed by atoms with E-state index in [-0.39, 0.29) is 19.0 Å². The van der Waals surface area contributed by atoms with E-state index in [0.29, 0.717) is 5.56 Å². The summed E-state index contributed by atoms with van der Waals surface area (Å²) in [5, 5.41) is 14.4. The number of aliphatic carboxylic acids is 1. The van der Waals surface area contributed by atoms with Crippen LogP contribution in [0.3, 0.4) is 0 Å². The maximum Gasteiger partial charge on any atom is 0.312 e. The molecule has 0 fully saturated rings. The van der Waals surface area contributed by atoms with Crippen molar-refractivity contribution in [3.8, 4) is 0 Å². The predicted octanol–water partition coefficient (Wildman–Crippen LogP) is 0.190. The molecule has 0 aliphatic rings. The summed E-state index contributed by atoms with van der Waals surface area (Å²) in [6, 6.07) is 8.86. The molecule has 0 aliphatic carbocycles. The number of rotatable bonds is 6. The Kier molecular flexibility index (Phi) is 5.16. The lowest BCUT2D eigenvalue weighted by molar-refractivity contribution is -0.138. The van der Waals surface area contributed by atoms with Crippen LogP contribution in [0.5, 0.6) is 0 Å². The lowest BCUT2D eigenvalue weighted by Crippen LogP contribution is -2.36. The van der Waals surface area contributed by atoms with Crippen molar-refractivity contribution in [3.63, 3.8) is 0 Å². The molecule has 1 unspecified atom stereocenters. The standard InChI is InChI=1S/C12H16N2O3/c1-13-8-11(15)14-7-10(12(16)17)9-5-3-2-4-6-9/h2-6,10,13H,7-8H2,1H3,(H,14,15)(H,16,17). The first kappa shape index (κ1) is 13.2. The van der Waals surface area contributed by atoms with Gasteiger partial charge in [-0.25, -0.2) is 0 Å². The van der Waals surface area contributed by atoms with E-state index in [1.807, 2.05) is 6.07 Å². The second kappa shape index (κ2) is 6.65. The molecule has 1 aromatic rings. The second-order valence-electron chi connectivity index (χ2n) is 3.64. The number of amides is 1. The third-order valence-corrected chi connectivity index (χ3v) is 2.34. The van der Waals surface area contributed by atoms with Crippen LogP contribution >= 0.6 is 0 Å². The van der Waals surface area contributed by atoms with Crippen molar-refractivity contribution in [1.29, 1.82) is 0 Å². The fraction of sp³-hybridized carbons (Fsp3) is 0.333. The number of hydrogen-bond acceptors (Lipinski definition) is 3.